The zero-order valence-corrected chi connectivity index (χ0v) is 6.61. The summed E-state index contributed by atoms with van der Waals surface area (Å²) in [5, 5.41) is 0. The number of methoxy groups -OCH3 is 1. The van der Waals surface area contributed by atoms with Crippen molar-refractivity contribution in [1.29, 1.82) is 0 Å². The molecule has 1 aliphatic rings. The molecule has 0 spiro atoms. The highest BCUT2D eigenvalue weighted by Crippen LogP contribution is 2.18. The highest BCUT2D eigenvalue weighted by Gasteiger charge is 2.14. The maximum Gasteiger partial charge on any atom is 0.132 e. The molecule has 1 aliphatic carbocycles. The fourth-order valence-corrected chi connectivity index (χ4v) is 0.943. The van der Waals surface area contributed by atoms with Crippen molar-refractivity contribution in [2.45, 2.75) is 0 Å². The zero-order chi connectivity index (χ0) is 8.97. The van der Waals surface area contributed by atoms with E-state index in [9.17, 15) is 9.59 Å². The number of aldehydes is 1. The maximum atomic E-state index is 10.4. The average molecular weight is 164 g/mol. The van der Waals surface area contributed by atoms with Crippen LogP contribution in [0.25, 0.3) is 0 Å². The standard InChI is InChI=1S/C9H8O3/c1-12-9-3-2-7(5-10)8(4-9)6-11/h2-5,7H,1H3. The second-order valence-corrected chi connectivity index (χ2v) is 2.33. The summed E-state index contributed by atoms with van der Waals surface area (Å²) in [6.45, 7) is 0. The number of carbonyl (C=O) groups excluding carboxylic acids is 2. The minimum Gasteiger partial charge on any atom is -0.497 e. The Labute approximate surface area is 70.0 Å². The summed E-state index contributed by atoms with van der Waals surface area (Å²) in [5.41, 5.74) is 0.310. The van der Waals surface area contributed by atoms with Crippen molar-refractivity contribution in [2.75, 3.05) is 7.11 Å². The average Bonchev–Trinajstić information content (AvgIpc) is 2.16. The Morgan fingerprint density at radius 3 is 2.92 bits per heavy atom. The van der Waals surface area contributed by atoms with Crippen molar-refractivity contribution in [3.8, 4) is 0 Å². The Kier molecular flexibility index (Phi) is 2.62. The van der Waals surface area contributed by atoms with Crippen LogP contribution >= 0.6 is 0 Å². The van der Waals surface area contributed by atoms with Crippen LogP contribution in [0, 0.1) is 5.92 Å². The first-order chi connectivity index (χ1) is 5.81. The van der Waals surface area contributed by atoms with Gasteiger partial charge in [-0.05, 0) is 12.2 Å². The molecule has 0 aliphatic heterocycles. The van der Waals surface area contributed by atoms with Gasteiger partial charge >= 0.3 is 0 Å². The van der Waals surface area contributed by atoms with Gasteiger partial charge in [0.15, 0.2) is 0 Å². The lowest BCUT2D eigenvalue weighted by atomic mass is 9.97. The molecule has 12 heavy (non-hydrogen) atoms. The largest absolute Gasteiger partial charge is 0.497 e. The van der Waals surface area contributed by atoms with E-state index in [0.29, 0.717) is 17.6 Å². The van der Waals surface area contributed by atoms with Gasteiger partial charge in [0.2, 0.25) is 0 Å². The Hall–Kier alpha value is -1.60. The molecule has 0 bridgehead atoms. The molecule has 0 aromatic carbocycles. The summed E-state index contributed by atoms with van der Waals surface area (Å²) >= 11 is 0. The van der Waals surface area contributed by atoms with Gasteiger partial charge < -0.3 is 9.53 Å². The van der Waals surface area contributed by atoms with E-state index >= 15 is 0 Å². The number of allylic oxidation sites excluding steroid dienone is 4. The second kappa shape index (κ2) is 3.69. The lowest BCUT2D eigenvalue weighted by molar-refractivity contribution is -0.109. The van der Waals surface area contributed by atoms with Crippen LogP contribution in [0.15, 0.2) is 29.6 Å². The molecule has 3 heteroatoms. The summed E-state index contributed by atoms with van der Waals surface area (Å²) in [4.78, 5) is 20.7. The van der Waals surface area contributed by atoms with Crippen LogP contribution < -0.4 is 0 Å². The quantitative estimate of drug-likeness (QED) is 0.444. The molecule has 62 valence electrons. The smallest absolute Gasteiger partial charge is 0.132 e. The minimum atomic E-state index is -0.471. The molecule has 0 heterocycles. The maximum absolute atomic E-state index is 10.4. The normalized spacial score (nSPS) is 21.2. The first kappa shape index (κ1) is 8.50. The van der Waals surface area contributed by atoms with Gasteiger partial charge in [0.05, 0.1) is 18.6 Å². The molecular weight excluding hydrogens is 156 g/mol. The van der Waals surface area contributed by atoms with E-state index in [-0.39, 0.29) is 0 Å². The summed E-state index contributed by atoms with van der Waals surface area (Å²) < 4.78 is 4.87. The first-order valence-corrected chi connectivity index (χ1v) is 3.46. The Balaban J connectivity index is 2.97. The molecule has 0 N–H and O–H groups in total. The summed E-state index contributed by atoms with van der Waals surface area (Å²) in [6.07, 6.45) is 5.46. The lowest BCUT2D eigenvalue weighted by Crippen LogP contribution is -2.06. The van der Waals surface area contributed by atoms with E-state index in [0.717, 1.165) is 0 Å². The van der Waals surface area contributed by atoms with Crippen LogP contribution in [0.1, 0.15) is 0 Å². The van der Waals surface area contributed by atoms with Crippen molar-refractivity contribution in [3.63, 3.8) is 0 Å². The molecule has 0 saturated carbocycles. The van der Waals surface area contributed by atoms with Crippen molar-refractivity contribution < 1.29 is 14.3 Å². The first-order valence-electron chi connectivity index (χ1n) is 3.46. The number of hydrogen-bond acceptors (Lipinski definition) is 3. The molecular formula is C9H8O3. The summed E-state index contributed by atoms with van der Waals surface area (Å²) in [7, 11) is 1.50. The fourth-order valence-electron chi connectivity index (χ4n) is 0.943. The Morgan fingerprint density at radius 2 is 2.42 bits per heavy atom. The van der Waals surface area contributed by atoms with Gasteiger partial charge in [0, 0.05) is 0 Å². The molecule has 0 aromatic heterocycles. The van der Waals surface area contributed by atoms with E-state index in [1.54, 1.807) is 18.1 Å². The third-order valence-corrected chi connectivity index (χ3v) is 1.62. The monoisotopic (exact) mass is 164 g/mol. The number of rotatable bonds is 2. The summed E-state index contributed by atoms with van der Waals surface area (Å²) in [5.74, 6) is 1.79. The molecule has 0 aromatic rings. The van der Waals surface area contributed by atoms with Gasteiger partial charge in [0.25, 0.3) is 0 Å². The van der Waals surface area contributed by atoms with Crippen LogP contribution in [-0.4, -0.2) is 19.3 Å². The van der Waals surface area contributed by atoms with Crippen molar-refractivity contribution in [3.05, 3.63) is 29.6 Å². The minimum absolute atomic E-state index is 0.310. The molecule has 0 radical (unpaired) electrons. The third kappa shape index (κ3) is 1.52. The van der Waals surface area contributed by atoms with E-state index in [2.05, 4.69) is 0 Å². The zero-order valence-electron chi connectivity index (χ0n) is 6.61. The third-order valence-electron chi connectivity index (χ3n) is 1.62. The van der Waals surface area contributed by atoms with E-state index in [4.69, 9.17) is 4.74 Å². The van der Waals surface area contributed by atoms with Crippen LogP contribution in [0.5, 0.6) is 0 Å². The van der Waals surface area contributed by atoms with Gasteiger partial charge in [-0.25, -0.2) is 4.79 Å². The molecule has 1 unspecified atom stereocenters. The van der Waals surface area contributed by atoms with Gasteiger partial charge in [-0.15, -0.1) is 0 Å². The number of ether oxygens (including phenoxy) is 1. The summed E-state index contributed by atoms with van der Waals surface area (Å²) in [6, 6.07) is 0. The van der Waals surface area contributed by atoms with Crippen LogP contribution in [0.4, 0.5) is 0 Å². The molecule has 0 fully saturated rings. The number of hydrogen-bond donors (Lipinski definition) is 0. The van der Waals surface area contributed by atoms with Gasteiger partial charge in [-0.1, -0.05) is 6.08 Å². The fraction of sp³-hybridized carbons (Fsp3) is 0.222. The van der Waals surface area contributed by atoms with E-state index in [1.807, 2.05) is 0 Å². The Morgan fingerprint density at radius 1 is 1.67 bits per heavy atom. The van der Waals surface area contributed by atoms with Crippen molar-refractivity contribution in [2.24, 2.45) is 5.92 Å². The van der Waals surface area contributed by atoms with E-state index in [1.165, 1.54) is 13.2 Å². The molecule has 1 atom stereocenters. The highest BCUT2D eigenvalue weighted by atomic mass is 16.5. The molecule has 0 amide bonds. The van der Waals surface area contributed by atoms with Gasteiger partial charge in [-0.2, -0.15) is 0 Å². The van der Waals surface area contributed by atoms with Crippen molar-refractivity contribution >= 4 is 12.2 Å². The van der Waals surface area contributed by atoms with Gasteiger partial charge in [-0.3, -0.25) is 0 Å². The predicted octanol–water partition coefficient (Wildman–Crippen LogP) is 0.660. The highest BCUT2D eigenvalue weighted by molar-refractivity contribution is 5.74. The van der Waals surface area contributed by atoms with Crippen LogP contribution in [-0.2, 0) is 14.3 Å². The van der Waals surface area contributed by atoms with E-state index < -0.39 is 5.92 Å². The molecule has 0 saturated heterocycles. The molecule has 3 nitrogen and oxygen atoms in total. The second-order valence-electron chi connectivity index (χ2n) is 2.33. The van der Waals surface area contributed by atoms with Crippen LogP contribution in [0.3, 0.4) is 0 Å². The van der Waals surface area contributed by atoms with Gasteiger partial charge in [0.1, 0.15) is 18.0 Å². The topological polar surface area (TPSA) is 43.4 Å². The molecule has 1 rings (SSSR count). The predicted molar refractivity (Wildman–Crippen MR) is 43.0 cm³/mol. The van der Waals surface area contributed by atoms with Crippen LogP contribution in [0.2, 0.25) is 0 Å². The van der Waals surface area contributed by atoms with Crippen molar-refractivity contribution in [1.82, 2.24) is 0 Å². The number of carbonyl (C=O) groups is 1. The SMILES string of the molecule is COC1=CC(=C=O)C(C=O)C=C1. The Bertz CT molecular complexity index is 293. The lowest BCUT2D eigenvalue weighted by Gasteiger charge is -2.10.